The average Bonchev–Trinajstić information content (AvgIpc) is 3.10. The number of esters is 1. The fourth-order valence-corrected chi connectivity index (χ4v) is 5.37. The zero-order valence-corrected chi connectivity index (χ0v) is 21.8. The highest BCUT2D eigenvalue weighted by atomic mass is 127. The largest absolute Gasteiger partial charge is 0.507 e. The molecule has 1 aromatic heterocycles. The smallest absolute Gasteiger partial charge is 0.338 e. The number of benzene rings is 2. The maximum absolute atomic E-state index is 13.6. The summed E-state index contributed by atoms with van der Waals surface area (Å²) in [5, 5.41) is 9.81. The van der Waals surface area contributed by atoms with Crippen LogP contribution < -0.4 is 19.6 Å². The molecule has 2 aromatic carbocycles. The van der Waals surface area contributed by atoms with Gasteiger partial charge in [0.05, 0.1) is 38.6 Å². The molecule has 0 saturated heterocycles. The number of aromatic nitrogens is 1. The van der Waals surface area contributed by atoms with Gasteiger partial charge in [0, 0.05) is 0 Å². The Morgan fingerprint density at radius 2 is 1.94 bits per heavy atom. The van der Waals surface area contributed by atoms with Crippen LogP contribution >= 0.6 is 33.9 Å². The number of carbonyl (C=O) groups excluding carboxylic acids is 1. The van der Waals surface area contributed by atoms with Crippen molar-refractivity contribution < 1.29 is 19.4 Å². The maximum atomic E-state index is 13.6. The number of aromatic hydroxyl groups is 1. The Morgan fingerprint density at radius 3 is 2.59 bits per heavy atom. The second kappa shape index (κ2) is 10.1. The average molecular weight is 590 g/mol. The van der Waals surface area contributed by atoms with Gasteiger partial charge in [-0.2, -0.15) is 0 Å². The summed E-state index contributed by atoms with van der Waals surface area (Å²) in [6.45, 7) is 6.17. The standard InChI is InChI=1S/C25H23IN2O5S/c1-4-32-17-9-7-16(8-10-17)22-21(24(31)33-5-2)14(3)27-25-28(22)23(30)20(34-25)13-15-6-11-19(29)18(26)12-15/h6-13,22,29H,4-5H2,1-3H3/b20-13+/t22-/m1/s1. The Hall–Kier alpha value is -2.92. The van der Waals surface area contributed by atoms with E-state index in [1.165, 1.54) is 11.3 Å². The molecule has 0 spiro atoms. The summed E-state index contributed by atoms with van der Waals surface area (Å²) >= 11 is 3.30. The fourth-order valence-electron chi connectivity index (χ4n) is 3.78. The van der Waals surface area contributed by atoms with Gasteiger partial charge in [-0.25, -0.2) is 9.79 Å². The minimum Gasteiger partial charge on any atom is -0.507 e. The Kier molecular flexibility index (Phi) is 7.22. The Bertz CT molecular complexity index is 1450. The van der Waals surface area contributed by atoms with Gasteiger partial charge >= 0.3 is 5.97 Å². The first-order valence-electron chi connectivity index (χ1n) is 10.7. The van der Waals surface area contributed by atoms with Crippen molar-refractivity contribution in [3.63, 3.8) is 0 Å². The number of carbonyl (C=O) groups is 1. The minimum absolute atomic E-state index is 0.185. The Morgan fingerprint density at radius 1 is 1.21 bits per heavy atom. The third-order valence-electron chi connectivity index (χ3n) is 5.29. The van der Waals surface area contributed by atoms with Crippen molar-refractivity contribution in [2.75, 3.05) is 13.2 Å². The number of hydrogen-bond donors (Lipinski definition) is 1. The fraction of sp³-hybridized carbons (Fsp3) is 0.240. The molecule has 0 bridgehead atoms. The molecule has 176 valence electrons. The Labute approximate surface area is 213 Å². The van der Waals surface area contributed by atoms with Crippen molar-refractivity contribution >= 4 is 46.0 Å². The molecule has 1 aliphatic rings. The number of ether oxygens (including phenoxy) is 2. The number of allylic oxidation sites excluding steroid dienone is 1. The number of hydrogen-bond acceptors (Lipinski definition) is 7. The lowest BCUT2D eigenvalue weighted by atomic mass is 9.96. The van der Waals surface area contributed by atoms with E-state index < -0.39 is 12.0 Å². The Balaban J connectivity index is 1.91. The van der Waals surface area contributed by atoms with Gasteiger partial charge in [0.1, 0.15) is 11.5 Å². The summed E-state index contributed by atoms with van der Waals surface area (Å²) in [5.41, 5.74) is 2.15. The van der Waals surface area contributed by atoms with Crippen LogP contribution in [0.4, 0.5) is 0 Å². The quantitative estimate of drug-likeness (QED) is 0.351. The van der Waals surface area contributed by atoms with Crippen LogP contribution in [0.25, 0.3) is 6.08 Å². The molecule has 2 heterocycles. The van der Waals surface area contributed by atoms with Gasteiger partial charge in [-0.3, -0.25) is 9.36 Å². The molecule has 1 N–H and O–H groups in total. The van der Waals surface area contributed by atoms with E-state index in [4.69, 9.17) is 9.47 Å². The van der Waals surface area contributed by atoms with Gasteiger partial charge < -0.3 is 14.6 Å². The van der Waals surface area contributed by atoms with Crippen molar-refractivity contribution in [1.82, 2.24) is 4.57 Å². The van der Waals surface area contributed by atoms with Gasteiger partial charge in [-0.1, -0.05) is 29.5 Å². The van der Waals surface area contributed by atoms with E-state index in [0.29, 0.717) is 36.5 Å². The van der Waals surface area contributed by atoms with Crippen LogP contribution in [-0.4, -0.2) is 28.9 Å². The number of phenolic OH excluding ortho intramolecular Hbond substituents is 1. The van der Waals surface area contributed by atoms with Crippen molar-refractivity contribution in [2.24, 2.45) is 4.99 Å². The van der Waals surface area contributed by atoms with Crippen molar-refractivity contribution in [1.29, 1.82) is 0 Å². The molecule has 0 radical (unpaired) electrons. The van der Waals surface area contributed by atoms with Gasteiger partial charge in [0.2, 0.25) is 0 Å². The van der Waals surface area contributed by atoms with Crippen LogP contribution in [0.3, 0.4) is 0 Å². The van der Waals surface area contributed by atoms with Gasteiger partial charge in [0.25, 0.3) is 5.56 Å². The second-order valence-electron chi connectivity index (χ2n) is 7.52. The zero-order chi connectivity index (χ0) is 24.4. The first kappa shape index (κ1) is 24.2. The SMILES string of the molecule is CCOC(=O)C1=C(C)N=c2s/c(=C/c3ccc(O)c(I)c3)c(=O)n2[C@@H]1c1ccc(OCC)cc1. The van der Waals surface area contributed by atoms with Crippen LogP contribution in [0, 0.1) is 3.57 Å². The van der Waals surface area contributed by atoms with Gasteiger partial charge in [-0.15, -0.1) is 0 Å². The third-order valence-corrected chi connectivity index (χ3v) is 7.14. The molecule has 3 aromatic rings. The van der Waals surface area contributed by atoms with Crippen LogP contribution in [0.2, 0.25) is 0 Å². The minimum atomic E-state index is -0.673. The zero-order valence-electron chi connectivity index (χ0n) is 18.9. The highest BCUT2D eigenvalue weighted by molar-refractivity contribution is 14.1. The maximum Gasteiger partial charge on any atom is 0.338 e. The number of fused-ring (bicyclic) bond motifs is 1. The molecule has 0 fully saturated rings. The third kappa shape index (κ3) is 4.67. The van der Waals surface area contributed by atoms with Crippen LogP contribution in [0.15, 0.2) is 63.5 Å². The highest BCUT2D eigenvalue weighted by Crippen LogP contribution is 2.31. The van der Waals surface area contributed by atoms with E-state index in [-0.39, 0.29) is 17.9 Å². The second-order valence-corrected chi connectivity index (χ2v) is 9.69. The van der Waals surface area contributed by atoms with E-state index in [9.17, 15) is 14.7 Å². The highest BCUT2D eigenvalue weighted by Gasteiger charge is 2.33. The number of rotatable bonds is 6. The molecule has 9 heteroatoms. The van der Waals surface area contributed by atoms with E-state index in [0.717, 1.165) is 11.1 Å². The predicted octanol–water partition coefficient (Wildman–Crippen LogP) is 3.51. The molecule has 0 amide bonds. The van der Waals surface area contributed by atoms with E-state index in [2.05, 4.69) is 4.99 Å². The summed E-state index contributed by atoms with van der Waals surface area (Å²) in [5.74, 6) is 0.397. The van der Waals surface area contributed by atoms with Gasteiger partial charge in [0.15, 0.2) is 4.80 Å². The molecule has 0 saturated carbocycles. The lowest BCUT2D eigenvalue weighted by Crippen LogP contribution is -2.39. The van der Waals surface area contributed by atoms with Crippen molar-refractivity contribution in [3.05, 3.63) is 88.1 Å². The van der Waals surface area contributed by atoms with Crippen molar-refractivity contribution in [3.8, 4) is 11.5 Å². The summed E-state index contributed by atoms with van der Waals surface area (Å²) in [7, 11) is 0. The molecular weight excluding hydrogens is 567 g/mol. The summed E-state index contributed by atoms with van der Waals surface area (Å²) in [6.07, 6.45) is 1.77. The molecule has 0 unspecified atom stereocenters. The molecule has 1 aliphatic heterocycles. The van der Waals surface area contributed by atoms with Gasteiger partial charge in [-0.05, 0) is 84.8 Å². The van der Waals surface area contributed by atoms with Crippen LogP contribution in [0.1, 0.15) is 37.9 Å². The summed E-state index contributed by atoms with van der Waals surface area (Å²) in [6, 6.07) is 11.8. The first-order chi connectivity index (χ1) is 16.3. The van der Waals surface area contributed by atoms with Crippen LogP contribution in [0.5, 0.6) is 11.5 Å². The van der Waals surface area contributed by atoms with Crippen LogP contribution in [-0.2, 0) is 9.53 Å². The number of halogens is 1. The lowest BCUT2D eigenvalue weighted by Gasteiger charge is -2.24. The number of nitrogens with zero attached hydrogens (tertiary/aromatic N) is 2. The molecule has 1 atom stereocenters. The molecule has 0 aliphatic carbocycles. The predicted molar refractivity (Wildman–Crippen MR) is 139 cm³/mol. The number of thiazole rings is 1. The summed E-state index contributed by atoms with van der Waals surface area (Å²) in [4.78, 5) is 31.6. The molecule has 34 heavy (non-hydrogen) atoms. The lowest BCUT2D eigenvalue weighted by molar-refractivity contribution is -0.139. The molecule has 4 rings (SSSR count). The normalized spacial score (nSPS) is 15.6. The summed E-state index contributed by atoms with van der Waals surface area (Å²) < 4.78 is 13.6. The van der Waals surface area contributed by atoms with Crippen molar-refractivity contribution in [2.45, 2.75) is 26.8 Å². The van der Waals surface area contributed by atoms with E-state index in [1.807, 2.05) is 53.8 Å². The monoisotopic (exact) mass is 590 g/mol. The topological polar surface area (TPSA) is 90.1 Å². The molecular formula is C25H23IN2O5S. The molecule has 7 nitrogen and oxygen atoms in total. The van der Waals surface area contributed by atoms with E-state index in [1.54, 1.807) is 42.7 Å². The van der Waals surface area contributed by atoms with E-state index >= 15 is 0 Å². The first-order valence-corrected chi connectivity index (χ1v) is 12.6. The number of phenols is 1.